The third kappa shape index (κ3) is 3.72. The molecule has 0 fully saturated rings. The van der Waals surface area contributed by atoms with Gasteiger partial charge in [0.15, 0.2) is 5.13 Å². The van der Waals surface area contributed by atoms with E-state index in [0.717, 1.165) is 39.9 Å². The Balaban J connectivity index is 2.60. The largest absolute Gasteiger partial charge is 0.481 e. The summed E-state index contributed by atoms with van der Waals surface area (Å²) in [5.41, 5.74) is 5.43. The first-order chi connectivity index (χ1) is 10.9. The van der Waals surface area contributed by atoms with Gasteiger partial charge in [-0.1, -0.05) is 6.07 Å². The second-order valence-electron chi connectivity index (χ2n) is 5.76. The molecule has 0 saturated heterocycles. The highest BCUT2D eigenvalue weighted by atomic mass is 32.1. The molecule has 0 bridgehead atoms. The Morgan fingerprint density at radius 2 is 1.74 bits per heavy atom. The van der Waals surface area contributed by atoms with Crippen molar-refractivity contribution in [1.29, 1.82) is 0 Å². The van der Waals surface area contributed by atoms with Gasteiger partial charge in [-0.3, -0.25) is 4.79 Å². The highest BCUT2D eigenvalue weighted by Gasteiger charge is 2.19. The Morgan fingerprint density at radius 1 is 1.13 bits per heavy atom. The molecule has 0 radical (unpaired) electrons. The highest BCUT2D eigenvalue weighted by Crippen LogP contribution is 2.36. The number of aromatic nitrogens is 1. The number of benzene rings is 1. The van der Waals surface area contributed by atoms with Crippen molar-refractivity contribution in [2.24, 2.45) is 0 Å². The van der Waals surface area contributed by atoms with E-state index in [1.807, 2.05) is 0 Å². The number of hydrogen-bond acceptors (Lipinski definition) is 4. The fraction of sp³-hybridized carbons (Fsp3) is 0.444. The van der Waals surface area contributed by atoms with E-state index in [1.165, 1.54) is 22.5 Å². The molecule has 1 aromatic carbocycles. The Labute approximate surface area is 141 Å². The van der Waals surface area contributed by atoms with Crippen LogP contribution in [-0.4, -0.2) is 29.1 Å². The first-order valence-corrected chi connectivity index (χ1v) is 8.73. The number of aliphatic carboxylic acids is 1. The third-order valence-corrected chi connectivity index (χ3v) is 5.24. The molecule has 1 heterocycles. The minimum Gasteiger partial charge on any atom is -0.481 e. The van der Waals surface area contributed by atoms with Crippen molar-refractivity contribution in [2.75, 3.05) is 18.0 Å². The van der Waals surface area contributed by atoms with E-state index in [4.69, 9.17) is 4.98 Å². The number of nitrogens with zero attached hydrogens (tertiary/aromatic N) is 2. The minimum atomic E-state index is -0.817. The molecule has 0 aliphatic carbocycles. The molecule has 1 aromatic heterocycles. The Hall–Kier alpha value is -1.88. The minimum absolute atomic E-state index is 0.0145. The lowest BCUT2D eigenvalue weighted by atomic mass is 9.98. The van der Waals surface area contributed by atoms with E-state index in [-0.39, 0.29) is 6.42 Å². The molecule has 0 saturated carbocycles. The fourth-order valence-electron chi connectivity index (χ4n) is 2.65. The predicted molar refractivity (Wildman–Crippen MR) is 96.7 cm³/mol. The van der Waals surface area contributed by atoms with Gasteiger partial charge in [-0.15, -0.1) is 11.3 Å². The fourth-order valence-corrected chi connectivity index (χ4v) is 3.84. The van der Waals surface area contributed by atoms with Gasteiger partial charge in [0.05, 0.1) is 12.1 Å². The molecule has 23 heavy (non-hydrogen) atoms. The molecule has 0 atom stereocenters. The summed E-state index contributed by atoms with van der Waals surface area (Å²) in [7, 11) is 0. The molecule has 2 aromatic rings. The number of thiazole rings is 1. The molecular formula is C18H24N2O2S. The molecule has 124 valence electrons. The van der Waals surface area contributed by atoms with Gasteiger partial charge in [-0.25, -0.2) is 4.98 Å². The summed E-state index contributed by atoms with van der Waals surface area (Å²) in [6.07, 6.45) is 0.0145. The maximum atomic E-state index is 11.2. The number of aryl methyl sites for hydroxylation is 3. The van der Waals surface area contributed by atoms with Crippen LogP contribution in [0.2, 0.25) is 0 Å². The van der Waals surface area contributed by atoms with Gasteiger partial charge in [0, 0.05) is 23.5 Å². The SMILES string of the molecule is CCN(CC)c1nc(-c2cc(C)c(C)cc2C)c(CC(=O)O)s1. The molecular weight excluding hydrogens is 308 g/mol. The van der Waals surface area contributed by atoms with Crippen molar-refractivity contribution in [1.82, 2.24) is 4.98 Å². The lowest BCUT2D eigenvalue weighted by molar-refractivity contribution is -0.136. The molecule has 0 aliphatic rings. The molecule has 0 spiro atoms. The zero-order valence-electron chi connectivity index (χ0n) is 14.4. The Kier molecular flexibility index (Phi) is 5.42. The van der Waals surface area contributed by atoms with Gasteiger partial charge >= 0.3 is 5.97 Å². The van der Waals surface area contributed by atoms with Crippen molar-refractivity contribution < 1.29 is 9.90 Å². The number of carboxylic acids is 1. The Bertz CT molecular complexity index is 718. The number of anilines is 1. The summed E-state index contributed by atoms with van der Waals surface area (Å²) in [6, 6.07) is 4.27. The maximum absolute atomic E-state index is 11.2. The first-order valence-electron chi connectivity index (χ1n) is 7.92. The second kappa shape index (κ2) is 7.13. The van der Waals surface area contributed by atoms with E-state index in [9.17, 15) is 9.90 Å². The lowest BCUT2D eigenvalue weighted by Gasteiger charge is -2.16. The van der Waals surface area contributed by atoms with Crippen molar-refractivity contribution in [2.45, 2.75) is 41.0 Å². The quantitative estimate of drug-likeness (QED) is 0.861. The predicted octanol–water partition coefficient (Wildman–Crippen LogP) is 4.21. The molecule has 4 nitrogen and oxygen atoms in total. The zero-order valence-corrected chi connectivity index (χ0v) is 15.3. The zero-order chi connectivity index (χ0) is 17.1. The normalized spacial score (nSPS) is 10.8. The van der Waals surface area contributed by atoms with Crippen LogP contribution in [0.1, 0.15) is 35.4 Å². The van der Waals surface area contributed by atoms with Crippen molar-refractivity contribution >= 4 is 22.4 Å². The second-order valence-corrected chi connectivity index (χ2v) is 6.82. The summed E-state index contributed by atoms with van der Waals surface area (Å²) < 4.78 is 0. The average molecular weight is 332 g/mol. The van der Waals surface area contributed by atoms with E-state index >= 15 is 0 Å². The standard InChI is InChI=1S/C18H24N2O2S/c1-6-20(7-2)18-19-17(15(23-18)10-16(21)22)14-9-12(4)11(3)8-13(14)5/h8-9H,6-7,10H2,1-5H3,(H,21,22). The van der Waals surface area contributed by atoms with Crippen LogP contribution >= 0.6 is 11.3 Å². The third-order valence-electron chi connectivity index (χ3n) is 4.13. The lowest BCUT2D eigenvalue weighted by Crippen LogP contribution is -2.21. The molecule has 5 heteroatoms. The Morgan fingerprint density at radius 3 is 2.30 bits per heavy atom. The van der Waals surface area contributed by atoms with Gasteiger partial charge in [0.1, 0.15) is 0 Å². The van der Waals surface area contributed by atoms with E-state index < -0.39 is 5.97 Å². The van der Waals surface area contributed by atoms with E-state index in [0.29, 0.717) is 0 Å². The van der Waals surface area contributed by atoms with Crippen LogP contribution in [-0.2, 0) is 11.2 Å². The van der Waals surface area contributed by atoms with E-state index in [1.54, 1.807) is 0 Å². The number of carboxylic acid groups (broad SMARTS) is 1. The average Bonchev–Trinajstić information content (AvgIpc) is 2.87. The van der Waals surface area contributed by atoms with Crippen LogP contribution in [0.3, 0.4) is 0 Å². The van der Waals surface area contributed by atoms with E-state index in [2.05, 4.69) is 51.7 Å². The van der Waals surface area contributed by atoms with Crippen molar-refractivity contribution in [3.8, 4) is 11.3 Å². The smallest absolute Gasteiger partial charge is 0.308 e. The van der Waals surface area contributed by atoms with Crippen LogP contribution in [0.4, 0.5) is 5.13 Å². The maximum Gasteiger partial charge on any atom is 0.308 e. The van der Waals surface area contributed by atoms with Gasteiger partial charge < -0.3 is 10.0 Å². The summed E-state index contributed by atoms with van der Waals surface area (Å²) in [6.45, 7) is 12.1. The van der Waals surface area contributed by atoms with Crippen LogP contribution in [0.5, 0.6) is 0 Å². The molecule has 0 unspecified atom stereocenters. The molecule has 2 rings (SSSR count). The number of hydrogen-bond donors (Lipinski definition) is 1. The summed E-state index contributed by atoms with van der Waals surface area (Å²) in [4.78, 5) is 19.0. The van der Waals surface area contributed by atoms with Crippen LogP contribution in [0.25, 0.3) is 11.3 Å². The summed E-state index contributed by atoms with van der Waals surface area (Å²) >= 11 is 1.49. The van der Waals surface area contributed by atoms with Crippen LogP contribution in [0.15, 0.2) is 12.1 Å². The highest BCUT2D eigenvalue weighted by molar-refractivity contribution is 7.16. The topological polar surface area (TPSA) is 53.4 Å². The van der Waals surface area contributed by atoms with Crippen LogP contribution in [0, 0.1) is 20.8 Å². The number of carbonyl (C=O) groups is 1. The van der Waals surface area contributed by atoms with Gasteiger partial charge in [0.2, 0.25) is 0 Å². The van der Waals surface area contributed by atoms with Crippen LogP contribution < -0.4 is 4.90 Å². The van der Waals surface area contributed by atoms with Gasteiger partial charge in [0.25, 0.3) is 0 Å². The molecule has 0 amide bonds. The first kappa shape index (κ1) is 17.5. The summed E-state index contributed by atoms with van der Waals surface area (Å²) in [5.74, 6) is -0.817. The van der Waals surface area contributed by atoms with Crippen molar-refractivity contribution in [3.63, 3.8) is 0 Å². The summed E-state index contributed by atoms with van der Waals surface area (Å²) in [5, 5.41) is 10.1. The van der Waals surface area contributed by atoms with Gasteiger partial charge in [-0.05, 0) is 57.4 Å². The van der Waals surface area contributed by atoms with Gasteiger partial charge in [-0.2, -0.15) is 0 Å². The number of rotatable bonds is 6. The monoisotopic (exact) mass is 332 g/mol. The van der Waals surface area contributed by atoms with Crippen molar-refractivity contribution in [3.05, 3.63) is 33.7 Å². The molecule has 1 N–H and O–H groups in total. The molecule has 0 aliphatic heterocycles.